The van der Waals surface area contributed by atoms with Gasteiger partial charge in [-0.15, -0.1) is 0 Å². The largest absolute Gasteiger partial charge is 0.466 e. The summed E-state index contributed by atoms with van der Waals surface area (Å²) >= 11 is 0. The Morgan fingerprint density at radius 3 is 2.94 bits per heavy atom. The molecule has 1 unspecified atom stereocenters. The minimum Gasteiger partial charge on any atom is -0.466 e. The molecular weight excluding hydrogens is 222 g/mol. The topological polar surface area (TPSA) is 67.8 Å². The minimum atomic E-state index is -0.504. The second-order valence-electron chi connectivity index (χ2n) is 4.39. The summed E-state index contributed by atoms with van der Waals surface area (Å²) in [5.74, 6) is 0.512. The molecule has 1 atom stereocenters. The molecule has 0 heterocycles. The highest BCUT2D eigenvalue weighted by molar-refractivity contribution is 5.69. The molecule has 1 saturated carbocycles. The van der Waals surface area contributed by atoms with Crippen molar-refractivity contribution >= 4 is 5.97 Å². The van der Waals surface area contributed by atoms with Gasteiger partial charge in [-0.1, -0.05) is 0 Å². The number of carbonyl (C=O) groups is 1. The molecule has 5 heteroatoms. The Morgan fingerprint density at radius 1 is 1.53 bits per heavy atom. The van der Waals surface area contributed by atoms with Crippen LogP contribution < -0.4 is 5.32 Å². The molecule has 0 aromatic heterocycles. The van der Waals surface area contributed by atoms with Crippen molar-refractivity contribution in [3.05, 3.63) is 0 Å². The zero-order valence-corrected chi connectivity index (χ0v) is 10.5. The molecule has 2 N–H and O–H groups in total. The van der Waals surface area contributed by atoms with Gasteiger partial charge in [0.05, 0.1) is 25.7 Å². The molecule has 0 amide bonds. The van der Waals surface area contributed by atoms with E-state index >= 15 is 0 Å². The van der Waals surface area contributed by atoms with Gasteiger partial charge in [-0.2, -0.15) is 0 Å². The fraction of sp³-hybridized carbons (Fsp3) is 0.917. The third-order valence-electron chi connectivity index (χ3n) is 2.55. The maximum Gasteiger partial charge on any atom is 0.307 e. The first kappa shape index (κ1) is 14.4. The van der Waals surface area contributed by atoms with E-state index in [-0.39, 0.29) is 5.97 Å². The molecule has 1 aliphatic carbocycles. The van der Waals surface area contributed by atoms with Crippen LogP contribution in [0.25, 0.3) is 0 Å². The average Bonchev–Trinajstić information content (AvgIpc) is 3.09. The summed E-state index contributed by atoms with van der Waals surface area (Å²) in [6, 6.07) is 0. The van der Waals surface area contributed by atoms with Crippen LogP contribution in [0.1, 0.15) is 26.2 Å². The van der Waals surface area contributed by atoms with Gasteiger partial charge in [-0.3, -0.25) is 4.79 Å². The second-order valence-corrected chi connectivity index (χ2v) is 4.39. The highest BCUT2D eigenvalue weighted by atomic mass is 16.5. The van der Waals surface area contributed by atoms with Crippen LogP contribution in [0.15, 0.2) is 0 Å². The van der Waals surface area contributed by atoms with Gasteiger partial charge >= 0.3 is 5.97 Å². The van der Waals surface area contributed by atoms with E-state index < -0.39 is 6.10 Å². The van der Waals surface area contributed by atoms with Crippen LogP contribution in [0.5, 0.6) is 0 Å². The van der Waals surface area contributed by atoms with E-state index in [1.165, 1.54) is 12.8 Å². The first-order valence-electron chi connectivity index (χ1n) is 6.34. The van der Waals surface area contributed by atoms with Crippen molar-refractivity contribution in [3.63, 3.8) is 0 Å². The number of nitrogens with one attached hydrogen (secondary N) is 1. The Hall–Kier alpha value is -0.650. The van der Waals surface area contributed by atoms with Gasteiger partial charge in [-0.25, -0.2) is 0 Å². The van der Waals surface area contributed by atoms with Gasteiger partial charge in [0.1, 0.15) is 0 Å². The van der Waals surface area contributed by atoms with E-state index in [1.54, 1.807) is 6.92 Å². The Labute approximate surface area is 102 Å². The average molecular weight is 245 g/mol. The predicted molar refractivity (Wildman–Crippen MR) is 63.7 cm³/mol. The number of aliphatic hydroxyl groups excluding tert-OH is 1. The van der Waals surface area contributed by atoms with Crippen molar-refractivity contribution in [2.75, 3.05) is 32.9 Å². The number of hydrogen-bond donors (Lipinski definition) is 2. The number of esters is 1. The first-order chi connectivity index (χ1) is 8.22. The van der Waals surface area contributed by atoms with Crippen molar-refractivity contribution < 1.29 is 19.4 Å². The molecule has 0 saturated heterocycles. The molecule has 0 radical (unpaired) electrons. The minimum absolute atomic E-state index is 0.209. The zero-order valence-electron chi connectivity index (χ0n) is 10.5. The maximum absolute atomic E-state index is 11.0. The normalized spacial score (nSPS) is 16.8. The number of rotatable bonds is 10. The Morgan fingerprint density at radius 2 is 2.29 bits per heavy atom. The second kappa shape index (κ2) is 8.44. The molecule has 17 heavy (non-hydrogen) atoms. The molecule has 0 aromatic rings. The molecule has 0 spiro atoms. The first-order valence-corrected chi connectivity index (χ1v) is 6.34. The smallest absolute Gasteiger partial charge is 0.307 e. The van der Waals surface area contributed by atoms with Crippen LogP contribution >= 0.6 is 0 Å². The lowest BCUT2D eigenvalue weighted by Gasteiger charge is -2.12. The number of ether oxygens (including phenoxy) is 2. The number of aliphatic hydroxyl groups is 1. The van der Waals surface area contributed by atoms with Gasteiger partial charge < -0.3 is 19.9 Å². The number of carbonyl (C=O) groups excluding carboxylic acids is 1. The Balaban J connectivity index is 1.84. The van der Waals surface area contributed by atoms with E-state index in [1.807, 2.05) is 0 Å². The van der Waals surface area contributed by atoms with Crippen LogP contribution in [-0.4, -0.2) is 50.1 Å². The van der Waals surface area contributed by atoms with Crippen LogP contribution in [-0.2, 0) is 14.3 Å². The summed E-state index contributed by atoms with van der Waals surface area (Å²) in [4.78, 5) is 11.0. The third-order valence-corrected chi connectivity index (χ3v) is 2.55. The van der Waals surface area contributed by atoms with E-state index in [9.17, 15) is 9.90 Å². The monoisotopic (exact) mass is 245 g/mol. The molecule has 1 fully saturated rings. The molecule has 5 nitrogen and oxygen atoms in total. The van der Waals surface area contributed by atoms with E-state index in [0.29, 0.717) is 32.7 Å². The highest BCUT2D eigenvalue weighted by Gasteiger charge is 2.21. The lowest BCUT2D eigenvalue weighted by atomic mass is 10.3. The lowest BCUT2D eigenvalue weighted by Crippen LogP contribution is -2.32. The lowest BCUT2D eigenvalue weighted by molar-refractivity contribution is -0.143. The summed E-state index contributed by atoms with van der Waals surface area (Å²) in [6.07, 6.45) is 2.35. The van der Waals surface area contributed by atoms with Crippen LogP contribution in [0, 0.1) is 5.92 Å². The van der Waals surface area contributed by atoms with Crippen molar-refractivity contribution in [2.24, 2.45) is 5.92 Å². The summed E-state index contributed by atoms with van der Waals surface area (Å²) in [5.41, 5.74) is 0. The predicted octanol–water partition coefficient (Wildman–Crippen LogP) is 0.317. The van der Waals surface area contributed by atoms with Crippen LogP contribution in [0.3, 0.4) is 0 Å². The summed E-state index contributed by atoms with van der Waals surface area (Å²) in [7, 11) is 0. The Bertz CT molecular complexity index is 219. The SMILES string of the molecule is CCOC(=O)CCNCC(O)COCC1CC1. The molecule has 0 aromatic carbocycles. The van der Waals surface area contributed by atoms with Gasteiger partial charge in [0.2, 0.25) is 0 Å². The van der Waals surface area contributed by atoms with E-state index in [4.69, 9.17) is 9.47 Å². The van der Waals surface area contributed by atoms with E-state index in [0.717, 1.165) is 12.5 Å². The summed E-state index contributed by atoms with van der Waals surface area (Å²) in [5, 5.41) is 12.5. The van der Waals surface area contributed by atoms with Gasteiger partial charge in [-0.05, 0) is 25.7 Å². The van der Waals surface area contributed by atoms with Crippen molar-refractivity contribution in [1.29, 1.82) is 0 Å². The molecule has 1 rings (SSSR count). The molecular formula is C12H23NO4. The maximum atomic E-state index is 11.0. The third kappa shape index (κ3) is 8.12. The molecule has 1 aliphatic rings. The Kier molecular flexibility index (Phi) is 7.16. The highest BCUT2D eigenvalue weighted by Crippen LogP contribution is 2.28. The molecule has 0 aliphatic heterocycles. The van der Waals surface area contributed by atoms with Crippen molar-refractivity contribution in [1.82, 2.24) is 5.32 Å². The van der Waals surface area contributed by atoms with Crippen molar-refractivity contribution in [3.8, 4) is 0 Å². The van der Waals surface area contributed by atoms with Gasteiger partial charge in [0.25, 0.3) is 0 Å². The fourth-order valence-electron chi connectivity index (χ4n) is 1.41. The summed E-state index contributed by atoms with van der Waals surface area (Å²) < 4.78 is 10.1. The van der Waals surface area contributed by atoms with Crippen molar-refractivity contribution in [2.45, 2.75) is 32.3 Å². The number of hydrogen-bond acceptors (Lipinski definition) is 5. The fourth-order valence-corrected chi connectivity index (χ4v) is 1.41. The van der Waals surface area contributed by atoms with Gasteiger partial charge in [0.15, 0.2) is 0 Å². The van der Waals surface area contributed by atoms with Crippen LogP contribution in [0.2, 0.25) is 0 Å². The molecule has 0 bridgehead atoms. The van der Waals surface area contributed by atoms with E-state index in [2.05, 4.69) is 5.32 Å². The van der Waals surface area contributed by atoms with Gasteiger partial charge in [0, 0.05) is 19.7 Å². The summed E-state index contributed by atoms with van der Waals surface area (Å²) in [6.45, 7) is 4.30. The molecule has 100 valence electrons. The van der Waals surface area contributed by atoms with Crippen LogP contribution in [0.4, 0.5) is 0 Å². The zero-order chi connectivity index (χ0) is 12.5. The quantitative estimate of drug-likeness (QED) is 0.428. The standard InChI is InChI=1S/C12H23NO4/c1-2-17-12(15)5-6-13-7-11(14)9-16-8-10-3-4-10/h10-11,13-14H,2-9H2,1H3.